The van der Waals surface area contributed by atoms with Crippen LogP contribution >= 0.6 is 0 Å². The van der Waals surface area contributed by atoms with Gasteiger partial charge in [0.2, 0.25) is 5.91 Å². The fourth-order valence-electron chi connectivity index (χ4n) is 5.15. The minimum absolute atomic E-state index is 0.384. The summed E-state index contributed by atoms with van der Waals surface area (Å²) in [5.74, 6) is -0.874. The lowest BCUT2D eigenvalue weighted by Crippen LogP contribution is -2.68. The van der Waals surface area contributed by atoms with E-state index in [4.69, 9.17) is 0 Å². The van der Waals surface area contributed by atoms with Crippen LogP contribution in [0.3, 0.4) is 0 Å². The van der Waals surface area contributed by atoms with E-state index in [1.807, 2.05) is 30.3 Å². The molecule has 6 nitrogen and oxygen atoms in total. The first kappa shape index (κ1) is 15.6. The number of nitrogens with zero attached hydrogens (tertiary/aromatic N) is 3. The van der Waals surface area contributed by atoms with Gasteiger partial charge in [0.15, 0.2) is 10.8 Å². The first-order chi connectivity index (χ1) is 12.1. The van der Waals surface area contributed by atoms with Crippen molar-refractivity contribution >= 4 is 5.91 Å². The lowest BCUT2D eigenvalue weighted by molar-refractivity contribution is -0.130. The number of piperidine rings is 1. The smallest absolute Gasteiger partial charge is 0.245 e. The molecule has 0 radical (unpaired) electrons. The summed E-state index contributed by atoms with van der Waals surface area (Å²) in [5.41, 5.74) is -3.43. The molecule has 3 aliphatic rings. The highest BCUT2D eigenvalue weighted by molar-refractivity contribution is 5.92. The number of benzene rings is 1. The molecule has 4 atom stereocenters. The van der Waals surface area contributed by atoms with Crippen LogP contribution in [0.1, 0.15) is 37.3 Å². The van der Waals surface area contributed by atoms with Gasteiger partial charge in [-0.2, -0.15) is 15.8 Å². The molecule has 1 amide bonds. The Labute approximate surface area is 146 Å². The van der Waals surface area contributed by atoms with Crippen LogP contribution in [0, 0.1) is 50.7 Å². The quantitative estimate of drug-likeness (QED) is 0.816. The highest BCUT2D eigenvalue weighted by Crippen LogP contribution is 2.64. The fraction of sp³-hybridized carbons (Fsp3) is 0.474. The molecule has 3 fully saturated rings. The second-order valence-electron chi connectivity index (χ2n) is 7.16. The van der Waals surface area contributed by atoms with E-state index in [9.17, 15) is 20.6 Å². The Morgan fingerprint density at radius 2 is 1.76 bits per heavy atom. The van der Waals surface area contributed by atoms with Gasteiger partial charge in [-0.1, -0.05) is 36.8 Å². The van der Waals surface area contributed by atoms with Crippen LogP contribution in [-0.4, -0.2) is 11.6 Å². The summed E-state index contributed by atoms with van der Waals surface area (Å²) in [6, 6.07) is 14.8. The van der Waals surface area contributed by atoms with Gasteiger partial charge >= 0.3 is 0 Å². The van der Waals surface area contributed by atoms with E-state index in [-0.39, 0.29) is 5.92 Å². The molecule has 2 heterocycles. The number of nitriles is 3. The number of carbonyl (C=O) groups is 1. The van der Waals surface area contributed by atoms with Crippen molar-refractivity contribution in [3.8, 4) is 18.2 Å². The molecule has 25 heavy (non-hydrogen) atoms. The summed E-state index contributed by atoms with van der Waals surface area (Å²) in [7, 11) is 0. The van der Waals surface area contributed by atoms with E-state index in [2.05, 4.69) is 28.8 Å². The largest absolute Gasteiger partial charge is 0.336 e. The maximum absolute atomic E-state index is 13.0. The molecule has 1 saturated carbocycles. The van der Waals surface area contributed by atoms with Crippen molar-refractivity contribution in [2.45, 2.75) is 37.4 Å². The molecule has 2 N–H and O–H groups in total. The Kier molecular flexibility index (Phi) is 3.16. The molecule has 1 aromatic rings. The number of hydrogen-bond donors (Lipinski definition) is 2. The molecule has 2 bridgehead atoms. The molecule has 1 aliphatic carbocycles. The topological polar surface area (TPSA) is 112 Å². The molecule has 124 valence electrons. The Morgan fingerprint density at radius 1 is 1.04 bits per heavy atom. The molecule has 4 rings (SSSR count). The number of amides is 1. The minimum Gasteiger partial charge on any atom is -0.336 e. The van der Waals surface area contributed by atoms with Crippen molar-refractivity contribution in [1.29, 1.82) is 15.8 Å². The van der Waals surface area contributed by atoms with Gasteiger partial charge in [0.25, 0.3) is 0 Å². The van der Waals surface area contributed by atoms with Crippen molar-refractivity contribution in [1.82, 2.24) is 10.6 Å². The zero-order chi connectivity index (χ0) is 17.7. The second-order valence-corrected chi connectivity index (χ2v) is 7.16. The van der Waals surface area contributed by atoms with Crippen molar-refractivity contribution in [2.75, 3.05) is 0 Å². The first-order valence-corrected chi connectivity index (χ1v) is 8.49. The Balaban J connectivity index is 2.01. The van der Waals surface area contributed by atoms with E-state index in [0.717, 1.165) is 18.4 Å². The highest BCUT2D eigenvalue weighted by Gasteiger charge is 2.78. The van der Waals surface area contributed by atoms with Gasteiger partial charge in [-0.3, -0.25) is 10.1 Å². The average Bonchev–Trinajstić information content (AvgIpc) is 2.87. The standard InChI is InChI=1S/C19H17N5O/c20-10-17(11-21)15(13-6-2-1-3-7-13)23-19-9-5-4-8-14(19)18(17,12-22)16(25)24-19/h1-3,6-7,14-15,23H,4-5,8-9H2,(H,24,25). The monoisotopic (exact) mass is 331 g/mol. The molecule has 4 unspecified atom stereocenters. The summed E-state index contributed by atoms with van der Waals surface area (Å²) in [6.07, 6.45) is 3.16. The normalized spacial score (nSPS) is 37.7. The van der Waals surface area contributed by atoms with Gasteiger partial charge < -0.3 is 5.32 Å². The molecule has 1 aromatic carbocycles. The third-order valence-corrected chi connectivity index (χ3v) is 6.25. The van der Waals surface area contributed by atoms with Crippen LogP contribution in [0.25, 0.3) is 0 Å². The van der Waals surface area contributed by atoms with Crippen molar-refractivity contribution in [3.63, 3.8) is 0 Å². The second kappa shape index (κ2) is 5.06. The van der Waals surface area contributed by atoms with Crippen LogP contribution < -0.4 is 10.6 Å². The van der Waals surface area contributed by atoms with Gasteiger partial charge in [-0.25, -0.2) is 0 Å². The molecule has 0 spiro atoms. The number of nitrogens with one attached hydrogen (secondary N) is 2. The molecule has 0 aromatic heterocycles. The SMILES string of the molecule is N#CC1(C#N)C(c2ccccc2)NC23CCCCC2C1(C#N)C(=O)N3. The molecular formula is C19H17N5O. The number of carbonyl (C=O) groups excluding carboxylic acids is 1. The van der Waals surface area contributed by atoms with Gasteiger partial charge in [0, 0.05) is 5.92 Å². The highest BCUT2D eigenvalue weighted by atomic mass is 16.2. The van der Waals surface area contributed by atoms with Gasteiger partial charge in [0.1, 0.15) is 0 Å². The maximum Gasteiger partial charge on any atom is 0.245 e. The van der Waals surface area contributed by atoms with Crippen LogP contribution in [0.15, 0.2) is 30.3 Å². The third kappa shape index (κ3) is 1.62. The van der Waals surface area contributed by atoms with Crippen LogP contribution in [0.2, 0.25) is 0 Å². The summed E-state index contributed by atoms with van der Waals surface area (Å²) < 4.78 is 0. The zero-order valence-corrected chi connectivity index (χ0v) is 13.6. The molecular weight excluding hydrogens is 314 g/mol. The van der Waals surface area contributed by atoms with E-state index >= 15 is 0 Å². The molecule has 6 heteroatoms. The third-order valence-electron chi connectivity index (χ3n) is 6.25. The van der Waals surface area contributed by atoms with E-state index in [1.165, 1.54) is 0 Å². The predicted molar refractivity (Wildman–Crippen MR) is 86.9 cm³/mol. The van der Waals surface area contributed by atoms with Crippen molar-refractivity contribution in [3.05, 3.63) is 35.9 Å². The number of rotatable bonds is 1. The Morgan fingerprint density at radius 3 is 2.40 bits per heavy atom. The maximum atomic E-state index is 13.0. The van der Waals surface area contributed by atoms with E-state index in [1.54, 1.807) is 0 Å². The Bertz CT molecular complexity index is 847. The predicted octanol–water partition coefficient (Wildman–Crippen LogP) is 1.89. The summed E-state index contributed by atoms with van der Waals surface area (Å²) >= 11 is 0. The van der Waals surface area contributed by atoms with E-state index < -0.39 is 28.4 Å². The summed E-state index contributed by atoms with van der Waals surface area (Å²) in [6.45, 7) is 0. The minimum atomic E-state index is -1.78. The zero-order valence-electron chi connectivity index (χ0n) is 13.6. The summed E-state index contributed by atoms with van der Waals surface area (Å²) in [4.78, 5) is 13.0. The summed E-state index contributed by atoms with van der Waals surface area (Å²) in [5, 5.41) is 36.6. The first-order valence-electron chi connectivity index (χ1n) is 8.49. The van der Waals surface area contributed by atoms with Gasteiger partial charge in [0.05, 0.1) is 29.9 Å². The van der Waals surface area contributed by atoms with Crippen LogP contribution in [0.4, 0.5) is 0 Å². The lowest BCUT2D eigenvalue weighted by atomic mass is 9.49. The van der Waals surface area contributed by atoms with Crippen molar-refractivity contribution in [2.24, 2.45) is 16.7 Å². The fourth-order valence-corrected chi connectivity index (χ4v) is 5.15. The van der Waals surface area contributed by atoms with Gasteiger partial charge in [-0.15, -0.1) is 0 Å². The van der Waals surface area contributed by atoms with Crippen LogP contribution in [0.5, 0.6) is 0 Å². The average molecular weight is 331 g/mol. The lowest BCUT2D eigenvalue weighted by Gasteiger charge is -2.53. The number of hydrogen-bond acceptors (Lipinski definition) is 5. The van der Waals surface area contributed by atoms with Crippen LogP contribution in [-0.2, 0) is 4.79 Å². The molecule has 2 aliphatic heterocycles. The van der Waals surface area contributed by atoms with Crippen molar-refractivity contribution < 1.29 is 4.79 Å². The molecule has 2 saturated heterocycles. The van der Waals surface area contributed by atoms with Gasteiger partial charge in [-0.05, 0) is 24.8 Å². The van der Waals surface area contributed by atoms with E-state index in [0.29, 0.717) is 12.8 Å². The Hall–Kier alpha value is -2.88.